The van der Waals surface area contributed by atoms with Gasteiger partial charge in [0, 0.05) is 30.3 Å². The first-order valence-electron chi connectivity index (χ1n) is 10.0. The Morgan fingerprint density at radius 3 is 2.62 bits per heavy atom. The number of nitrogens with zero attached hydrogens (tertiary/aromatic N) is 4. The number of nitrogens with one attached hydrogen (secondary N) is 1. The number of thiocarbonyl (C=S) groups is 1. The maximum Gasteiger partial charge on any atom is 0.170 e. The van der Waals surface area contributed by atoms with Gasteiger partial charge >= 0.3 is 0 Å². The Labute approximate surface area is 177 Å². The highest BCUT2D eigenvalue weighted by Gasteiger charge is 2.41. The molecule has 1 aliphatic heterocycles. The average molecular weight is 406 g/mol. The second kappa shape index (κ2) is 7.95. The normalized spacial score (nSPS) is 19.1. The van der Waals surface area contributed by atoms with Crippen molar-refractivity contribution in [3.63, 3.8) is 0 Å². The molecule has 1 saturated heterocycles. The lowest BCUT2D eigenvalue weighted by Gasteiger charge is -2.29. The van der Waals surface area contributed by atoms with Crippen molar-refractivity contribution in [2.75, 3.05) is 6.54 Å². The summed E-state index contributed by atoms with van der Waals surface area (Å²) >= 11 is 5.76. The van der Waals surface area contributed by atoms with Crippen LogP contribution in [0, 0.1) is 19.8 Å². The molecule has 4 heterocycles. The Balaban J connectivity index is 1.83. The lowest BCUT2D eigenvalue weighted by atomic mass is 9.96. The fourth-order valence-electron chi connectivity index (χ4n) is 4.30. The van der Waals surface area contributed by atoms with Crippen molar-refractivity contribution < 1.29 is 0 Å². The molecule has 2 atom stereocenters. The number of aromatic nitrogens is 3. The Hall–Kier alpha value is -2.73. The van der Waals surface area contributed by atoms with E-state index in [1.807, 2.05) is 30.6 Å². The van der Waals surface area contributed by atoms with E-state index < -0.39 is 0 Å². The van der Waals surface area contributed by atoms with Gasteiger partial charge in [0.2, 0.25) is 0 Å². The lowest BCUT2D eigenvalue weighted by Crippen LogP contribution is -2.33. The third kappa shape index (κ3) is 3.65. The van der Waals surface area contributed by atoms with Gasteiger partial charge in [-0.3, -0.25) is 9.97 Å². The molecule has 1 fully saturated rings. The van der Waals surface area contributed by atoms with Crippen LogP contribution < -0.4 is 5.32 Å². The number of hydrogen-bond acceptors (Lipinski definition) is 3. The number of rotatable bonds is 5. The topological polar surface area (TPSA) is 46.0 Å². The van der Waals surface area contributed by atoms with Crippen LogP contribution >= 0.6 is 12.2 Å². The molecule has 0 bridgehead atoms. The molecular formula is C23H27N5S. The van der Waals surface area contributed by atoms with Gasteiger partial charge in [0.25, 0.3) is 0 Å². The van der Waals surface area contributed by atoms with Crippen LogP contribution in [0.15, 0.2) is 55.0 Å². The summed E-state index contributed by atoms with van der Waals surface area (Å²) in [4.78, 5) is 11.3. The maximum atomic E-state index is 5.76. The van der Waals surface area contributed by atoms with Crippen molar-refractivity contribution >= 4 is 17.3 Å². The molecule has 29 heavy (non-hydrogen) atoms. The van der Waals surface area contributed by atoms with Crippen molar-refractivity contribution in [3.05, 3.63) is 77.6 Å². The van der Waals surface area contributed by atoms with Crippen LogP contribution in [0.4, 0.5) is 0 Å². The fourth-order valence-corrected chi connectivity index (χ4v) is 4.62. The van der Waals surface area contributed by atoms with Crippen LogP contribution in [-0.2, 0) is 0 Å². The molecule has 0 saturated carbocycles. The van der Waals surface area contributed by atoms with E-state index in [0.29, 0.717) is 5.92 Å². The summed E-state index contributed by atoms with van der Waals surface area (Å²) < 4.78 is 2.27. The Bertz CT molecular complexity index is 997. The third-order valence-corrected chi connectivity index (χ3v) is 5.81. The summed E-state index contributed by atoms with van der Waals surface area (Å²) in [5, 5.41) is 4.34. The molecule has 1 aliphatic rings. The van der Waals surface area contributed by atoms with Gasteiger partial charge in [0.1, 0.15) is 0 Å². The maximum absolute atomic E-state index is 5.76. The van der Waals surface area contributed by atoms with Crippen LogP contribution in [0.3, 0.4) is 0 Å². The predicted molar refractivity (Wildman–Crippen MR) is 120 cm³/mol. The molecule has 0 unspecified atom stereocenters. The zero-order valence-electron chi connectivity index (χ0n) is 17.3. The van der Waals surface area contributed by atoms with Gasteiger partial charge in [0.15, 0.2) is 5.11 Å². The Kier molecular flexibility index (Phi) is 5.37. The predicted octanol–water partition coefficient (Wildman–Crippen LogP) is 4.51. The smallest absolute Gasteiger partial charge is 0.170 e. The molecule has 0 amide bonds. The second-order valence-corrected chi connectivity index (χ2v) is 8.43. The molecule has 6 heteroatoms. The van der Waals surface area contributed by atoms with E-state index >= 15 is 0 Å². The van der Waals surface area contributed by atoms with Crippen molar-refractivity contribution in [1.29, 1.82) is 0 Å². The van der Waals surface area contributed by atoms with Gasteiger partial charge in [-0.05, 0) is 67.9 Å². The molecule has 1 N–H and O–H groups in total. The van der Waals surface area contributed by atoms with Crippen molar-refractivity contribution in [1.82, 2.24) is 24.8 Å². The minimum absolute atomic E-state index is 0.0188. The standard InChI is InChI=1S/C23H27N5S/c1-15(2)14-27-22(21(26-23(27)29)20-9-5-6-11-25-20)19-12-16(3)28(17(19)4)18-8-7-10-24-13-18/h5-13,15,21-22H,14H2,1-4H3,(H,26,29)/t21-,22-/m1/s1. The highest BCUT2D eigenvalue weighted by atomic mass is 32.1. The number of aryl methyl sites for hydroxylation is 1. The zero-order valence-corrected chi connectivity index (χ0v) is 18.1. The van der Waals surface area contributed by atoms with E-state index in [1.54, 1.807) is 6.20 Å². The van der Waals surface area contributed by atoms with Gasteiger partial charge in [-0.15, -0.1) is 0 Å². The largest absolute Gasteiger partial charge is 0.352 e. The second-order valence-electron chi connectivity index (χ2n) is 8.05. The van der Waals surface area contributed by atoms with Crippen LogP contribution in [0.2, 0.25) is 0 Å². The summed E-state index contributed by atoms with van der Waals surface area (Å²) in [6.07, 6.45) is 5.56. The van der Waals surface area contributed by atoms with Crippen LogP contribution in [0.5, 0.6) is 0 Å². The summed E-state index contributed by atoms with van der Waals surface area (Å²) in [6.45, 7) is 9.68. The summed E-state index contributed by atoms with van der Waals surface area (Å²) in [5.41, 5.74) is 5.76. The molecule has 0 aromatic carbocycles. The van der Waals surface area contributed by atoms with Crippen molar-refractivity contribution in [2.45, 2.75) is 39.8 Å². The summed E-state index contributed by atoms with van der Waals surface area (Å²) in [7, 11) is 0. The van der Waals surface area contributed by atoms with E-state index in [0.717, 1.165) is 23.0 Å². The third-order valence-electron chi connectivity index (χ3n) is 5.45. The minimum Gasteiger partial charge on any atom is -0.352 e. The minimum atomic E-state index is 0.0188. The van der Waals surface area contributed by atoms with Crippen LogP contribution in [-0.4, -0.2) is 31.1 Å². The molecule has 3 aromatic heterocycles. The first-order chi connectivity index (χ1) is 14.0. The molecule has 0 spiro atoms. The fraction of sp³-hybridized carbons (Fsp3) is 0.348. The first-order valence-corrected chi connectivity index (χ1v) is 10.5. The van der Waals surface area contributed by atoms with Crippen LogP contribution in [0.25, 0.3) is 5.69 Å². The summed E-state index contributed by atoms with van der Waals surface area (Å²) in [5.74, 6) is 0.501. The molecule has 150 valence electrons. The quantitative estimate of drug-likeness (QED) is 0.633. The van der Waals surface area contributed by atoms with E-state index in [1.165, 1.54) is 17.0 Å². The zero-order chi connectivity index (χ0) is 20.5. The van der Waals surface area contributed by atoms with Gasteiger partial charge in [-0.1, -0.05) is 19.9 Å². The first kappa shape index (κ1) is 19.6. The monoisotopic (exact) mass is 405 g/mol. The van der Waals surface area contributed by atoms with E-state index in [2.05, 4.69) is 70.6 Å². The molecule has 3 aromatic rings. The molecule has 4 rings (SSSR count). The lowest BCUT2D eigenvalue weighted by molar-refractivity contribution is 0.287. The summed E-state index contributed by atoms with van der Waals surface area (Å²) in [6, 6.07) is 12.5. The van der Waals surface area contributed by atoms with E-state index in [-0.39, 0.29) is 12.1 Å². The van der Waals surface area contributed by atoms with Gasteiger partial charge in [-0.25, -0.2) is 0 Å². The Morgan fingerprint density at radius 2 is 1.97 bits per heavy atom. The van der Waals surface area contributed by atoms with E-state index in [4.69, 9.17) is 12.2 Å². The SMILES string of the molecule is Cc1cc([C@@H]2[C@@H](c3ccccn3)NC(=S)N2CC(C)C)c(C)n1-c1cccnc1. The highest BCUT2D eigenvalue weighted by molar-refractivity contribution is 7.80. The average Bonchev–Trinajstić information content (AvgIpc) is 3.18. The van der Waals surface area contributed by atoms with Gasteiger partial charge in [-0.2, -0.15) is 0 Å². The van der Waals surface area contributed by atoms with Crippen molar-refractivity contribution in [3.8, 4) is 5.69 Å². The number of pyridine rings is 2. The van der Waals surface area contributed by atoms with Crippen LogP contribution in [0.1, 0.15) is 48.6 Å². The molecule has 0 radical (unpaired) electrons. The van der Waals surface area contributed by atoms with E-state index in [9.17, 15) is 0 Å². The highest BCUT2D eigenvalue weighted by Crippen LogP contribution is 2.41. The van der Waals surface area contributed by atoms with Crippen molar-refractivity contribution in [2.24, 2.45) is 5.92 Å². The Morgan fingerprint density at radius 1 is 1.14 bits per heavy atom. The molecular weight excluding hydrogens is 378 g/mol. The van der Waals surface area contributed by atoms with Gasteiger partial charge < -0.3 is 14.8 Å². The molecule has 0 aliphatic carbocycles. The molecule has 5 nitrogen and oxygen atoms in total. The van der Waals surface area contributed by atoms with Gasteiger partial charge in [0.05, 0.1) is 29.7 Å². The number of hydrogen-bond donors (Lipinski definition) is 1.